The topological polar surface area (TPSA) is 84.7 Å². The van der Waals surface area contributed by atoms with Gasteiger partial charge in [-0.1, -0.05) is 11.6 Å². The zero-order valence-corrected chi connectivity index (χ0v) is 12.0. The third kappa shape index (κ3) is 3.24. The van der Waals surface area contributed by atoms with E-state index in [4.69, 9.17) is 11.6 Å². The van der Waals surface area contributed by atoms with Gasteiger partial charge >= 0.3 is 0 Å². The molecule has 2 heterocycles. The molecule has 2 N–H and O–H groups in total. The average molecular weight is 295 g/mol. The number of anilines is 1. The molecule has 7 nitrogen and oxygen atoms in total. The maximum Gasteiger partial charge on any atom is 0.253 e. The molecule has 0 aliphatic rings. The van der Waals surface area contributed by atoms with E-state index < -0.39 is 0 Å². The van der Waals surface area contributed by atoms with Crippen LogP contribution in [0.1, 0.15) is 23.1 Å². The number of halogens is 1. The number of carbonyl (C=O) groups is 1. The lowest BCUT2D eigenvalue weighted by atomic mass is 10.2. The summed E-state index contributed by atoms with van der Waals surface area (Å²) in [6.45, 7) is 2.95. The maximum absolute atomic E-state index is 12.0. The smallest absolute Gasteiger partial charge is 0.253 e. The number of aryl methyl sites for hydroxylation is 1. The van der Waals surface area contributed by atoms with Crippen LogP contribution in [0.4, 0.5) is 5.82 Å². The molecule has 0 saturated heterocycles. The Kier molecular flexibility index (Phi) is 4.52. The lowest BCUT2D eigenvalue weighted by molar-refractivity contribution is 0.0949. The third-order valence-electron chi connectivity index (χ3n) is 2.66. The Labute approximate surface area is 121 Å². The number of nitrogens with one attached hydrogen (secondary N) is 2. The minimum absolute atomic E-state index is 0.259. The fourth-order valence-electron chi connectivity index (χ4n) is 1.59. The van der Waals surface area contributed by atoms with Crippen LogP contribution < -0.4 is 10.6 Å². The number of amides is 1. The number of hydrogen-bond donors (Lipinski definition) is 2. The van der Waals surface area contributed by atoms with E-state index in [1.807, 2.05) is 14.0 Å². The summed E-state index contributed by atoms with van der Waals surface area (Å²) >= 11 is 6.05. The fourth-order valence-corrected chi connectivity index (χ4v) is 1.82. The van der Waals surface area contributed by atoms with Crippen molar-refractivity contribution in [2.75, 3.05) is 11.9 Å². The molecular formula is C12H15ClN6O. The lowest BCUT2D eigenvalue weighted by Gasteiger charge is -2.08. The van der Waals surface area contributed by atoms with Crippen molar-refractivity contribution in [1.29, 1.82) is 0 Å². The number of pyridine rings is 1. The van der Waals surface area contributed by atoms with Gasteiger partial charge < -0.3 is 15.2 Å². The Balaban J connectivity index is 2.02. The van der Waals surface area contributed by atoms with Crippen molar-refractivity contribution in [3.8, 4) is 0 Å². The van der Waals surface area contributed by atoms with Gasteiger partial charge in [0.1, 0.15) is 12.1 Å². The second-order valence-electron chi connectivity index (χ2n) is 4.13. The quantitative estimate of drug-likeness (QED) is 0.866. The highest BCUT2D eigenvalue weighted by Gasteiger charge is 2.10. The minimum Gasteiger partial charge on any atom is -0.369 e. The molecule has 0 spiro atoms. The molecule has 0 unspecified atom stereocenters. The first-order valence-corrected chi connectivity index (χ1v) is 6.50. The first-order chi connectivity index (χ1) is 9.61. The molecule has 0 aliphatic carbocycles. The second kappa shape index (κ2) is 6.33. The van der Waals surface area contributed by atoms with Gasteiger partial charge in [-0.15, -0.1) is 10.2 Å². The highest BCUT2D eigenvalue weighted by atomic mass is 35.5. The van der Waals surface area contributed by atoms with Crippen LogP contribution in [-0.4, -0.2) is 32.2 Å². The van der Waals surface area contributed by atoms with Crippen molar-refractivity contribution < 1.29 is 4.79 Å². The predicted octanol–water partition coefficient (Wildman–Crippen LogP) is 1.23. The zero-order valence-electron chi connectivity index (χ0n) is 11.2. The van der Waals surface area contributed by atoms with Crippen LogP contribution in [0, 0.1) is 0 Å². The molecule has 8 heteroatoms. The maximum atomic E-state index is 12.0. The molecule has 2 aromatic rings. The number of aromatic nitrogens is 4. The standard InChI is InChI=1S/C12H15ClN6O/c1-3-14-11-9(13)4-8(5-15-11)12(20)16-6-10-18-17-7-19(10)2/h4-5,7H,3,6H2,1-2H3,(H,14,15)(H,16,20). The molecule has 0 aromatic carbocycles. The van der Waals surface area contributed by atoms with E-state index >= 15 is 0 Å². The highest BCUT2D eigenvalue weighted by Crippen LogP contribution is 2.19. The summed E-state index contributed by atoms with van der Waals surface area (Å²) in [6.07, 6.45) is 3.06. The normalized spacial score (nSPS) is 10.3. The molecule has 20 heavy (non-hydrogen) atoms. The summed E-state index contributed by atoms with van der Waals surface area (Å²) in [5.74, 6) is 0.978. The van der Waals surface area contributed by atoms with Crippen LogP contribution in [-0.2, 0) is 13.6 Å². The SMILES string of the molecule is CCNc1ncc(C(=O)NCc2nncn2C)cc1Cl. The summed E-state index contributed by atoms with van der Waals surface area (Å²) in [6, 6.07) is 1.58. The number of hydrogen-bond acceptors (Lipinski definition) is 5. The Bertz CT molecular complexity index is 612. The summed E-state index contributed by atoms with van der Waals surface area (Å²) in [7, 11) is 1.81. The summed E-state index contributed by atoms with van der Waals surface area (Å²) in [5, 5.41) is 13.8. The van der Waals surface area contributed by atoms with E-state index in [2.05, 4.69) is 25.8 Å². The lowest BCUT2D eigenvalue weighted by Crippen LogP contribution is -2.24. The minimum atomic E-state index is -0.259. The summed E-state index contributed by atoms with van der Waals surface area (Å²) in [4.78, 5) is 16.1. The van der Waals surface area contributed by atoms with Crippen LogP contribution in [0.25, 0.3) is 0 Å². The molecule has 106 valence electrons. The molecule has 0 aliphatic heterocycles. The van der Waals surface area contributed by atoms with Gasteiger partial charge in [0.25, 0.3) is 5.91 Å². The van der Waals surface area contributed by atoms with Gasteiger partial charge in [-0.25, -0.2) is 4.98 Å². The van der Waals surface area contributed by atoms with Crippen molar-refractivity contribution in [1.82, 2.24) is 25.1 Å². The van der Waals surface area contributed by atoms with E-state index in [0.717, 1.165) is 0 Å². The average Bonchev–Trinajstić information content (AvgIpc) is 2.84. The van der Waals surface area contributed by atoms with E-state index in [1.165, 1.54) is 6.20 Å². The zero-order chi connectivity index (χ0) is 14.5. The predicted molar refractivity (Wildman–Crippen MR) is 75.6 cm³/mol. The summed E-state index contributed by atoms with van der Waals surface area (Å²) in [5.41, 5.74) is 0.402. The molecule has 0 radical (unpaired) electrons. The summed E-state index contributed by atoms with van der Waals surface area (Å²) < 4.78 is 1.74. The van der Waals surface area contributed by atoms with Crippen LogP contribution in [0.3, 0.4) is 0 Å². The van der Waals surface area contributed by atoms with Gasteiger partial charge in [-0.05, 0) is 13.0 Å². The van der Waals surface area contributed by atoms with Crippen molar-refractivity contribution in [2.24, 2.45) is 7.05 Å². The van der Waals surface area contributed by atoms with Gasteiger partial charge in [0.05, 0.1) is 17.1 Å². The molecule has 0 fully saturated rings. The first-order valence-electron chi connectivity index (χ1n) is 6.12. The monoisotopic (exact) mass is 294 g/mol. The van der Waals surface area contributed by atoms with Crippen molar-refractivity contribution >= 4 is 23.3 Å². The fraction of sp³-hybridized carbons (Fsp3) is 0.333. The third-order valence-corrected chi connectivity index (χ3v) is 2.95. The van der Waals surface area contributed by atoms with E-state index in [-0.39, 0.29) is 5.91 Å². The van der Waals surface area contributed by atoms with Gasteiger partial charge in [0.15, 0.2) is 5.82 Å². The molecule has 0 atom stereocenters. The second-order valence-corrected chi connectivity index (χ2v) is 4.53. The number of carbonyl (C=O) groups excluding carboxylic acids is 1. The number of nitrogens with zero attached hydrogens (tertiary/aromatic N) is 4. The van der Waals surface area contributed by atoms with Gasteiger partial charge in [-0.2, -0.15) is 0 Å². The molecule has 2 rings (SSSR count). The highest BCUT2D eigenvalue weighted by molar-refractivity contribution is 6.33. The van der Waals surface area contributed by atoms with Gasteiger partial charge in [0, 0.05) is 19.8 Å². The van der Waals surface area contributed by atoms with Gasteiger partial charge in [-0.3, -0.25) is 4.79 Å². The van der Waals surface area contributed by atoms with Gasteiger partial charge in [0.2, 0.25) is 0 Å². The van der Waals surface area contributed by atoms with E-state index in [0.29, 0.717) is 35.3 Å². The van der Waals surface area contributed by atoms with E-state index in [9.17, 15) is 4.79 Å². The molecule has 0 saturated carbocycles. The Morgan fingerprint density at radius 1 is 1.50 bits per heavy atom. The Morgan fingerprint density at radius 3 is 2.90 bits per heavy atom. The molecule has 2 aromatic heterocycles. The largest absolute Gasteiger partial charge is 0.369 e. The van der Waals surface area contributed by atoms with Crippen molar-refractivity contribution in [2.45, 2.75) is 13.5 Å². The van der Waals surface area contributed by atoms with Crippen LogP contribution in [0.2, 0.25) is 5.02 Å². The molecule has 0 bridgehead atoms. The number of rotatable bonds is 5. The molecular weight excluding hydrogens is 280 g/mol. The molecule has 1 amide bonds. The Morgan fingerprint density at radius 2 is 2.30 bits per heavy atom. The van der Waals surface area contributed by atoms with Crippen molar-refractivity contribution in [3.05, 3.63) is 35.0 Å². The van der Waals surface area contributed by atoms with Crippen molar-refractivity contribution in [3.63, 3.8) is 0 Å². The van der Waals surface area contributed by atoms with Crippen LogP contribution in [0.5, 0.6) is 0 Å². The van der Waals surface area contributed by atoms with Crippen LogP contribution >= 0.6 is 11.6 Å². The Hall–Kier alpha value is -2.15. The van der Waals surface area contributed by atoms with Crippen LogP contribution in [0.15, 0.2) is 18.6 Å². The van der Waals surface area contributed by atoms with E-state index in [1.54, 1.807) is 17.0 Å². The first kappa shape index (κ1) is 14.3.